The van der Waals surface area contributed by atoms with Crippen LogP contribution in [0, 0.1) is 10.1 Å². The molecule has 4 aromatic rings. The molecule has 57 heavy (non-hydrogen) atoms. The van der Waals surface area contributed by atoms with Gasteiger partial charge in [0.15, 0.2) is 11.3 Å². The number of nitro groups is 1. The summed E-state index contributed by atoms with van der Waals surface area (Å²) < 4.78 is 12.3. The number of aryl methyl sites for hydroxylation is 2. The number of ether oxygens (including phenoxy) is 1. The van der Waals surface area contributed by atoms with Gasteiger partial charge in [-0.3, -0.25) is 19.6 Å². The molecule has 2 saturated heterocycles. The zero-order chi connectivity index (χ0) is 41.6. The summed E-state index contributed by atoms with van der Waals surface area (Å²) in [6, 6.07) is 20.5. The Morgan fingerprint density at radius 2 is 1.42 bits per heavy atom. The molecule has 2 aliphatic heterocycles. The largest absolute Gasteiger partial charge is 0.502 e. The van der Waals surface area contributed by atoms with Crippen molar-refractivity contribution in [2.75, 3.05) is 42.5 Å². The van der Waals surface area contributed by atoms with E-state index in [-0.39, 0.29) is 53.5 Å². The molecule has 4 unspecified atom stereocenters. The van der Waals surface area contributed by atoms with Gasteiger partial charge in [-0.2, -0.15) is 0 Å². The number of anilines is 2. The number of carbonyl (C=O) groups is 2. The number of unbranched alkanes of at least 4 members (excludes halogenated alkanes) is 1. The van der Waals surface area contributed by atoms with E-state index in [0.717, 1.165) is 43.6 Å². The van der Waals surface area contributed by atoms with Crippen LogP contribution >= 0.6 is 0 Å². The minimum Gasteiger partial charge on any atom is -0.502 e. The Kier molecular flexibility index (Phi) is 13.4. The second-order valence-corrected chi connectivity index (χ2v) is 16.2. The van der Waals surface area contributed by atoms with Crippen molar-refractivity contribution in [1.82, 2.24) is 19.7 Å². The highest BCUT2D eigenvalue weighted by atomic mass is 16.6. The lowest BCUT2D eigenvalue weighted by molar-refractivity contribution is -0.385. The van der Waals surface area contributed by atoms with Gasteiger partial charge in [-0.1, -0.05) is 30.3 Å². The number of rotatable bonds is 8. The third-order valence-corrected chi connectivity index (χ3v) is 10.3. The van der Waals surface area contributed by atoms with E-state index in [1.54, 1.807) is 18.0 Å². The first kappa shape index (κ1) is 42.4. The van der Waals surface area contributed by atoms with Crippen LogP contribution in [0.15, 0.2) is 75.9 Å². The van der Waals surface area contributed by atoms with Crippen LogP contribution in [0.2, 0.25) is 0 Å². The summed E-state index contributed by atoms with van der Waals surface area (Å²) in [5.41, 5.74) is 3.52. The second kappa shape index (κ2) is 18.0. The van der Waals surface area contributed by atoms with E-state index < -0.39 is 10.5 Å². The van der Waals surface area contributed by atoms with Crippen molar-refractivity contribution in [1.29, 1.82) is 0 Å². The van der Waals surface area contributed by atoms with Gasteiger partial charge in [-0.25, -0.2) is 14.4 Å². The number of phenolic OH excluding ortho intramolecular Hbond substituents is 1. The number of oxazole rings is 1. The Balaban J connectivity index is 0.000000225. The first-order valence-electron chi connectivity index (χ1n) is 19.6. The van der Waals surface area contributed by atoms with E-state index in [2.05, 4.69) is 48.3 Å². The van der Waals surface area contributed by atoms with E-state index >= 15 is 0 Å². The molecule has 4 atom stereocenters. The van der Waals surface area contributed by atoms with Gasteiger partial charge >= 0.3 is 23.6 Å². The number of aromatic nitrogens is 1. The minimum atomic E-state index is -0.620. The number of nitrogens with one attached hydrogen (secondary N) is 1. The number of carbonyl (C=O) groups excluding carboxylic acids is 2. The number of aromatic hydroxyl groups is 1. The van der Waals surface area contributed by atoms with E-state index in [4.69, 9.17) is 9.15 Å². The first-order valence-corrected chi connectivity index (χ1v) is 19.6. The van der Waals surface area contributed by atoms with Crippen molar-refractivity contribution in [3.05, 3.63) is 93.0 Å². The van der Waals surface area contributed by atoms with Crippen LogP contribution in [0.3, 0.4) is 0 Å². The number of fused-ring (bicyclic) bond motifs is 1. The average molecular weight is 788 g/mol. The van der Waals surface area contributed by atoms with E-state index in [1.165, 1.54) is 22.3 Å². The van der Waals surface area contributed by atoms with E-state index in [1.807, 2.05) is 68.7 Å². The Morgan fingerprint density at radius 1 is 0.860 bits per heavy atom. The van der Waals surface area contributed by atoms with Gasteiger partial charge in [0.25, 0.3) is 0 Å². The van der Waals surface area contributed by atoms with Crippen LogP contribution < -0.4 is 20.9 Å². The summed E-state index contributed by atoms with van der Waals surface area (Å²) in [5, 5.41) is 23.8. The quantitative estimate of drug-likeness (QED) is 0.109. The number of phenols is 1. The fourth-order valence-electron chi connectivity index (χ4n) is 7.71. The molecule has 0 radical (unpaired) electrons. The Labute approximate surface area is 333 Å². The summed E-state index contributed by atoms with van der Waals surface area (Å²) in [4.78, 5) is 55.2. The number of nitrogens with zero attached hydrogens (tertiary/aromatic N) is 6. The first-order chi connectivity index (χ1) is 26.9. The van der Waals surface area contributed by atoms with Gasteiger partial charge in [0.05, 0.1) is 22.5 Å². The molecule has 0 spiro atoms. The highest BCUT2D eigenvalue weighted by Gasteiger charge is 2.36. The molecule has 6 rings (SSSR count). The van der Waals surface area contributed by atoms with Gasteiger partial charge in [0, 0.05) is 81.4 Å². The number of hydrogen-bond donors (Lipinski definition) is 2. The molecule has 2 fully saturated rings. The van der Waals surface area contributed by atoms with Gasteiger partial charge in [0.1, 0.15) is 5.60 Å². The number of amides is 3. The number of urea groups is 1. The molecule has 3 amide bonds. The molecule has 2 aliphatic rings. The van der Waals surface area contributed by atoms with Crippen molar-refractivity contribution in [2.24, 2.45) is 7.05 Å². The molecule has 0 saturated carbocycles. The predicted molar refractivity (Wildman–Crippen MR) is 221 cm³/mol. The summed E-state index contributed by atoms with van der Waals surface area (Å²) >= 11 is 0. The van der Waals surface area contributed by atoms with Crippen LogP contribution in [-0.2, 0) is 18.2 Å². The molecule has 2 N–H and O–H groups in total. The molecular weight excluding hydrogens is 731 g/mol. The van der Waals surface area contributed by atoms with E-state index in [0.29, 0.717) is 30.9 Å². The van der Waals surface area contributed by atoms with Gasteiger partial charge in [-0.15, -0.1) is 0 Å². The molecule has 308 valence electrons. The summed E-state index contributed by atoms with van der Waals surface area (Å²) in [6.07, 6.45) is 2.71. The summed E-state index contributed by atoms with van der Waals surface area (Å²) in [7, 11) is 1.71. The number of benzene rings is 3. The number of piperazine rings is 2. The maximum Gasteiger partial charge on any atom is 0.419 e. The van der Waals surface area contributed by atoms with Crippen LogP contribution in [0.4, 0.5) is 26.7 Å². The maximum absolute atomic E-state index is 12.9. The van der Waals surface area contributed by atoms with Crippen molar-refractivity contribution in [2.45, 2.75) is 97.5 Å². The lowest BCUT2D eigenvalue weighted by Gasteiger charge is -2.45. The topological polar surface area (TPSA) is 167 Å². The molecular formula is C42H57N7O8. The van der Waals surface area contributed by atoms with Crippen LogP contribution in [-0.4, -0.2) is 99.0 Å². The Hall–Kier alpha value is -5.73. The zero-order valence-electron chi connectivity index (χ0n) is 34.3. The molecule has 0 bridgehead atoms. The van der Waals surface area contributed by atoms with Crippen molar-refractivity contribution < 1.29 is 28.8 Å². The number of nitro benzene ring substituents is 1. The fraction of sp³-hybridized carbons (Fsp3) is 0.500. The standard InChI is InChI=1S/C25H32N4O3.C17H25N3O5/c1-18-16-28(21-12-13-22-23(15-21)32-25(31)27(22)3)17-19(2)29(18)24(30)26-14-8-7-11-20-9-5-4-6-10-20;1-11-9-18(13-6-7-14(20(23)24)15(21)8-13)10-12(2)19(11)16(22)25-17(3,4)5/h4-6,9-10,12-13,15,18-19H,7-8,11,14,16-17H2,1-3H3,(H,26,30);6-8,11-12,21H,9-10H2,1-5H3. The highest BCUT2D eigenvalue weighted by molar-refractivity contribution is 5.79. The fourth-order valence-corrected chi connectivity index (χ4v) is 7.71. The molecule has 1 aromatic heterocycles. The Morgan fingerprint density at radius 3 is 1.98 bits per heavy atom. The third kappa shape index (κ3) is 10.6. The molecule has 0 aliphatic carbocycles. The zero-order valence-corrected chi connectivity index (χ0v) is 34.3. The molecule has 15 nitrogen and oxygen atoms in total. The number of hydrogen-bond acceptors (Lipinski definition) is 10. The molecule has 3 heterocycles. The lowest BCUT2D eigenvalue weighted by atomic mass is 10.1. The van der Waals surface area contributed by atoms with Crippen molar-refractivity contribution in [3.63, 3.8) is 0 Å². The maximum atomic E-state index is 12.9. The summed E-state index contributed by atoms with van der Waals surface area (Å²) in [5.74, 6) is -0.721. The van der Waals surface area contributed by atoms with Gasteiger partial charge in [-0.05, 0) is 91.5 Å². The second-order valence-electron chi connectivity index (χ2n) is 16.2. The monoisotopic (exact) mass is 787 g/mol. The third-order valence-electron chi connectivity index (χ3n) is 10.3. The SMILES string of the molecule is CC1CN(c2ccc([N+](=O)[O-])c(O)c2)CC(C)N1C(=O)OC(C)(C)C.CC1CN(c2ccc3c(c2)oc(=O)n3C)CC(C)N1C(=O)NCCCCc1ccccc1. The predicted octanol–water partition coefficient (Wildman–Crippen LogP) is 6.90. The summed E-state index contributed by atoms with van der Waals surface area (Å²) in [6.45, 7) is 16.7. The van der Waals surface area contributed by atoms with Crippen molar-refractivity contribution in [3.8, 4) is 5.75 Å². The normalized spacial score (nSPS) is 19.9. The molecule has 3 aromatic carbocycles. The average Bonchev–Trinajstić information content (AvgIpc) is 3.42. The van der Waals surface area contributed by atoms with Crippen LogP contribution in [0.25, 0.3) is 11.1 Å². The van der Waals surface area contributed by atoms with Crippen LogP contribution in [0.5, 0.6) is 5.75 Å². The van der Waals surface area contributed by atoms with Gasteiger partial charge in [0.2, 0.25) is 0 Å². The molecule has 15 heteroatoms. The Bertz CT molecular complexity index is 2050. The van der Waals surface area contributed by atoms with Gasteiger partial charge < -0.3 is 34.3 Å². The smallest absolute Gasteiger partial charge is 0.419 e. The van der Waals surface area contributed by atoms with Crippen molar-refractivity contribution >= 4 is 40.3 Å². The van der Waals surface area contributed by atoms with Crippen LogP contribution in [0.1, 0.15) is 66.9 Å². The lowest BCUT2D eigenvalue weighted by Crippen LogP contribution is -2.61. The van der Waals surface area contributed by atoms with E-state index in [9.17, 15) is 29.6 Å². The highest BCUT2D eigenvalue weighted by Crippen LogP contribution is 2.32. The minimum absolute atomic E-state index is 0.00821.